The van der Waals surface area contributed by atoms with Crippen molar-refractivity contribution in [3.8, 4) is 0 Å². The van der Waals surface area contributed by atoms with Crippen molar-refractivity contribution in [3.63, 3.8) is 0 Å². The molecule has 2 fully saturated rings. The van der Waals surface area contributed by atoms with Gasteiger partial charge < -0.3 is 15.5 Å². The molecule has 0 bridgehead atoms. The number of hydrogen-bond donors (Lipinski definition) is 4. The zero-order chi connectivity index (χ0) is 15.5. The maximum atomic E-state index is 12.1. The summed E-state index contributed by atoms with van der Waals surface area (Å²) in [7, 11) is 0. The minimum atomic E-state index is -1.41. The number of amides is 1. The van der Waals surface area contributed by atoms with E-state index in [1.54, 1.807) is 0 Å². The molecule has 7 nitrogen and oxygen atoms in total. The van der Waals surface area contributed by atoms with Gasteiger partial charge in [-0.3, -0.25) is 19.7 Å². The van der Waals surface area contributed by atoms with E-state index in [9.17, 15) is 19.5 Å². The molecule has 0 saturated heterocycles. The van der Waals surface area contributed by atoms with Gasteiger partial charge in [-0.2, -0.15) is 0 Å². The largest absolute Gasteiger partial charge is 0.480 e. The minimum absolute atomic E-state index is 0.145. The van der Waals surface area contributed by atoms with Crippen LogP contribution >= 0.6 is 0 Å². The number of nitrogens with one attached hydrogen (secondary N) is 2. The Labute approximate surface area is 123 Å². The third kappa shape index (κ3) is 3.72. The summed E-state index contributed by atoms with van der Waals surface area (Å²) in [5.74, 6) is -2.79. The third-order valence-electron chi connectivity index (χ3n) is 4.50. The zero-order valence-electron chi connectivity index (χ0n) is 11.9. The molecule has 2 aliphatic rings. The molecule has 1 amide bonds. The first-order valence-electron chi connectivity index (χ1n) is 7.43. The number of carboxylic acid groups (broad SMARTS) is 2. The molecular formula is C14H22N2O5. The molecule has 7 heteroatoms. The molecule has 0 aromatic rings. The van der Waals surface area contributed by atoms with Crippen LogP contribution in [0.2, 0.25) is 0 Å². The maximum absolute atomic E-state index is 12.1. The lowest BCUT2D eigenvalue weighted by molar-refractivity contribution is -0.143. The summed E-state index contributed by atoms with van der Waals surface area (Å²) in [4.78, 5) is 33.9. The van der Waals surface area contributed by atoms with Gasteiger partial charge in [-0.05, 0) is 25.2 Å². The molecule has 118 valence electrons. The number of hydrogen-bond acceptors (Lipinski definition) is 4. The van der Waals surface area contributed by atoms with Gasteiger partial charge in [0.15, 0.2) is 0 Å². The molecule has 2 saturated carbocycles. The third-order valence-corrected chi connectivity index (χ3v) is 4.50. The maximum Gasteiger partial charge on any atom is 0.324 e. The monoisotopic (exact) mass is 298 g/mol. The number of rotatable bonds is 7. The molecule has 0 heterocycles. The van der Waals surface area contributed by atoms with Crippen LogP contribution in [0.3, 0.4) is 0 Å². The van der Waals surface area contributed by atoms with Crippen LogP contribution in [0, 0.1) is 11.8 Å². The molecule has 2 aliphatic carbocycles. The summed E-state index contributed by atoms with van der Waals surface area (Å²) >= 11 is 0. The van der Waals surface area contributed by atoms with Gasteiger partial charge in [-0.1, -0.05) is 19.3 Å². The van der Waals surface area contributed by atoms with E-state index in [4.69, 9.17) is 5.11 Å². The second-order valence-electron chi connectivity index (χ2n) is 6.03. The Bertz CT molecular complexity index is 433. The minimum Gasteiger partial charge on any atom is -0.480 e. The number of carboxylic acids is 2. The fourth-order valence-electron chi connectivity index (χ4n) is 3.08. The molecular weight excluding hydrogens is 276 g/mol. The molecule has 4 N–H and O–H groups in total. The van der Waals surface area contributed by atoms with Crippen LogP contribution in [0.25, 0.3) is 0 Å². The second kappa shape index (κ2) is 6.43. The van der Waals surface area contributed by atoms with Crippen molar-refractivity contribution in [1.29, 1.82) is 0 Å². The lowest BCUT2D eigenvalue weighted by atomic mass is 9.89. The first-order valence-corrected chi connectivity index (χ1v) is 7.43. The summed E-state index contributed by atoms with van der Waals surface area (Å²) in [5.41, 5.74) is -1.41. The average Bonchev–Trinajstić information content (AvgIpc) is 3.20. The highest BCUT2D eigenvalue weighted by Crippen LogP contribution is 2.44. The quantitative estimate of drug-likeness (QED) is 0.533. The average molecular weight is 298 g/mol. The van der Waals surface area contributed by atoms with Gasteiger partial charge in [0.1, 0.15) is 5.54 Å². The Kier molecular flexibility index (Phi) is 4.82. The molecule has 0 aliphatic heterocycles. The highest BCUT2D eigenvalue weighted by molar-refractivity contribution is 5.96. The van der Waals surface area contributed by atoms with Crippen molar-refractivity contribution in [2.45, 2.75) is 44.1 Å². The fourth-order valence-corrected chi connectivity index (χ4v) is 3.08. The fraction of sp³-hybridized carbons (Fsp3) is 0.786. The highest BCUT2D eigenvalue weighted by Gasteiger charge is 2.64. The summed E-state index contributed by atoms with van der Waals surface area (Å²) in [5, 5.41) is 23.1. The Morgan fingerprint density at radius 1 is 1.10 bits per heavy atom. The summed E-state index contributed by atoms with van der Waals surface area (Å²) in [6, 6.07) is 0. The Morgan fingerprint density at radius 2 is 1.76 bits per heavy atom. The van der Waals surface area contributed by atoms with Crippen LogP contribution in [-0.4, -0.2) is 46.7 Å². The van der Waals surface area contributed by atoms with Gasteiger partial charge in [0.25, 0.3) is 0 Å². The lowest BCUT2D eigenvalue weighted by Gasteiger charge is -2.22. The van der Waals surface area contributed by atoms with E-state index in [1.165, 1.54) is 19.3 Å². The number of carbonyl (C=O) groups is 3. The van der Waals surface area contributed by atoms with E-state index >= 15 is 0 Å². The van der Waals surface area contributed by atoms with Crippen LogP contribution < -0.4 is 10.6 Å². The number of carbonyl (C=O) groups excluding carboxylic acids is 1. The topological polar surface area (TPSA) is 116 Å². The van der Waals surface area contributed by atoms with Crippen molar-refractivity contribution in [2.24, 2.45) is 11.8 Å². The van der Waals surface area contributed by atoms with Crippen LogP contribution in [0.5, 0.6) is 0 Å². The van der Waals surface area contributed by atoms with E-state index in [1.807, 2.05) is 0 Å². The van der Waals surface area contributed by atoms with E-state index < -0.39 is 29.9 Å². The van der Waals surface area contributed by atoms with Gasteiger partial charge in [0, 0.05) is 6.54 Å². The van der Waals surface area contributed by atoms with Gasteiger partial charge in [-0.15, -0.1) is 0 Å². The SMILES string of the molecule is O=C(O)CNC1(C(=O)O)CC1C(=O)NCC1CCCCC1. The highest BCUT2D eigenvalue weighted by atomic mass is 16.4. The van der Waals surface area contributed by atoms with Crippen molar-refractivity contribution in [1.82, 2.24) is 10.6 Å². The predicted octanol–water partition coefficient (Wildman–Crippen LogP) is 0.200. The summed E-state index contributed by atoms with van der Waals surface area (Å²) in [6.07, 6.45) is 5.96. The van der Waals surface area contributed by atoms with Crippen molar-refractivity contribution < 1.29 is 24.6 Å². The van der Waals surface area contributed by atoms with E-state index in [0.29, 0.717) is 12.5 Å². The van der Waals surface area contributed by atoms with Crippen molar-refractivity contribution >= 4 is 17.8 Å². The predicted molar refractivity (Wildman–Crippen MR) is 73.7 cm³/mol. The summed E-state index contributed by atoms with van der Waals surface area (Å²) in [6.45, 7) is 0.128. The number of aliphatic carboxylic acids is 2. The Morgan fingerprint density at radius 3 is 2.33 bits per heavy atom. The normalized spacial score (nSPS) is 28.9. The van der Waals surface area contributed by atoms with Gasteiger partial charge >= 0.3 is 11.9 Å². The molecule has 0 aromatic heterocycles. The zero-order valence-corrected chi connectivity index (χ0v) is 11.9. The standard InChI is InChI=1S/C14H22N2O5/c17-11(18)8-16-14(13(20)21)6-10(14)12(19)15-7-9-4-2-1-3-5-9/h9-10,16H,1-8H2,(H,15,19)(H,17,18)(H,20,21). The Balaban J connectivity index is 1.82. The van der Waals surface area contributed by atoms with E-state index in [-0.39, 0.29) is 12.3 Å². The van der Waals surface area contributed by atoms with Crippen molar-refractivity contribution in [3.05, 3.63) is 0 Å². The Hall–Kier alpha value is -1.63. The molecule has 0 aromatic carbocycles. The molecule has 2 atom stereocenters. The lowest BCUT2D eigenvalue weighted by Crippen LogP contribution is -2.46. The van der Waals surface area contributed by atoms with E-state index in [2.05, 4.69) is 10.6 Å². The van der Waals surface area contributed by atoms with Crippen LogP contribution in [0.4, 0.5) is 0 Å². The molecule has 0 radical (unpaired) electrons. The van der Waals surface area contributed by atoms with Gasteiger partial charge in [0.05, 0.1) is 12.5 Å². The van der Waals surface area contributed by atoms with Crippen LogP contribution in [-0.2, 0) is 14.4 Å². The van der Waals surface area contributed by atoms with Crippen LogP contribution in [0.15, 0.2) is 0 Å². The molecule has 0 spiro atoms. The smallest absolute Gasteiger partial charge is 0.324 e. The molecule has 21 heavy (non-hydrogen) atoms. The molecule has 2 unspecified atom stereocenters. The van der Waals surface area contributed by atoms with Gasteiger partial charge in [-0.25, -0.2) is 0 Å². The summed E-state index contributed by atoms with van der Waals surface area (Å²) < 4.78 is 0. The van der Waals surface area contributed by atoms with Crippen LogP contribution in [0.1, 0.15) is 38.5 Å². The first kappa shape index (κ1) is 15.8. The van der Waals surface area contributed by atoms with Crippen molar-refractivity contribution in [2.75, 3.05) is 13.1 Å². The first-order chi connectivity index (χ1) is 9.95. The van der Waals surface area contributed by atoms with Gasteiger partial charge in [0.2, 0.25) is 5.91 Å². The molecule has 2 rings (SSSR count). The van der Waals surface area contributed by atoms with E-state index in [0.717, 1.165) is 12.8 Å². The second-order valence-corrected chi connectivity index (χ2v) is 6.03.